The zero-order valence-electron chi connectivity index (χ0n) is 74.9. The van der Waals surface area contributed by atoms with E-state index in [9.17, 15) is 0 Å². The minimum absolute atomic E-state index is 0.0818. The van der Waals surface area contributed by atoms with Crippen LogP contribution in [-0.4, -0.2) is 143 Å². The zero-order chi connectivity index (χ0) is 85.6. The minimum Gasteiger partial charge on any atom is -0.324 e. The maximum absolute atomic E-state index is 15.5. The topological polar surface area (TPSA) is 258 Å². The van der Waals surface area contributed by atoms with Crippen molar-refractivity contribution in [3.63, 3.8) is 0 Å². The second-order valence-electron chi connectivity index (χ2n) is 34.2. The van der Waals surface area contributed by atoms with E-state index in [1.54, 1.807) is 90.0 Å². The highest BCUT2D eigenvalue weighted by Crippen LogP contribution is 2.41. The molecule has 0 unspecified atom stereocenters. The van der Waals surface area contributed by atoms with Crippen molar-refractivity contribution < 1.29 is 33.7 Å². The molecule has 2 N–H and O–H groups in total. The molecule has 2 aliphatic heterocycles. The van der Waals surface area contributed by atoms with Crippen LogP contribution in [-0.2, 0) is 40.1 Å². The lowest BCUT2D eigenvalue weighted by molar-refractivity contribution is 0.383. The van der Waals surface area contributed by atoms with Gasteiger partial charge in [-0.15, -0.1) is 0 Å². The van der Waals surface area contributed by atoms with Crippen LogP contribution < -0.4 is 0 Å². The van der Waals surface area contributed by atoms with E-state index in [1.807, 2.05) is 0 Å². The van der Waals surface area contributed by atoms with Crippen molar-refractivity contribution in [2.75, 3.05) is 52.4 Å². The molecule has 5 heterocycles. The number of nitrogens with one attached hydrogen (secondary N) is 2. The molecular formula is C96H150N12O8S4. The molecule has 120 heavy (non-hydrogen) atoms. The number of nitrogens with zero attached hydrogens (tertiary/aromatic N) is 10. The van der Waals surface area contributed by atoms with Crippen molar-refractivity contribution in [1.29, 1.82) is 0 Å². The summed E-state index contributed by atoms with van der Waals surface area (Å²) in [6, 6.07) is 20.2. The maximum Gasteiger partial charge on any atom is 0.243 e. The van der Waals surface area contributed by atoms with E-state index >= 15 is 33.7 Å². The molecule has 24 heteroatoms. The standard InChI is InChI=1S/C96H150N12O8S4/c1-9-17-25-33-41-49-65-105(66-50-42-34-26-18-10-2)117(109,110)77-57-61-81-85(73-77)93-97-89(81)102-94-87-75-79(119(113,114)107(69-53-45-37-29-21-13-5)70-54-46-38-30-22-14-6)59-63-83(87)91(99-94)104-96-88-76-80(120(115,116)108(71-55-47-39-31-23-15-7)72-56-48-40-32-24-16-8)60-64-84(88)92(100-96)103-95-86-74-78(58-62-82(86)90(98-95)101-93)118(111,112)106(67-51-43-35-27-19-11-3)68-52-44-36-28-20-12-4/h57-64,73-76H,9-56,65-72H2,1-8H3,(H2,97,98,99,100,101,102,103,104). The fourth-order valence-corrected chi connectivity index (χ4v) is 23.1. The number of hydrogen-bond donors (Lipinski definition) is 2. The van der Waals surface area contributed by atoms with Crippen molar-refractivity contribution >= 4 is 84.2 Å². The Labute approximate surface area is 724 Å². The molecule has 0 radical (unpaired) electrons. The summed E-state index contributed by atoms with van der Waals surface area (Å²) < 4.78 is 131. The van der Waals surface area contributed by atoms with Crippen LogP contribution in [0.15, 0.2) is 92.4 Å². The van der Waals surface area contributed by atoms with Crippen molar-refractivity contribution in [2.45, 2.75) is 383 Å². The predicted molar refractivity (Wildman–Crippen MR) is 498 cm³/mol. The van der Waals surface area contributed by atoms with Gasteiger partial charge in [-0.25, -0.2) is 63.6 Å². The number of sulfonamides is 4. The summed E-state index contributed by atoms with van der Waals surface area (Å²) in [7, 11) is -16.5. The second kappa shape index (κ2) is 51.3. The van der Waals surface area contributed by atoms with E-state index in [0.717, 1.165) is 308 Å². The van der Waals surface area contributed by atoms with Crippen LogP contribution in [0, 0.1) is 0 Å². The Morgan fingerprint density at radius 3 is 0.617 bits per heavy atom. The fourth-order valence-electron chi connectivity index (χ4n) is 16.9. The van der Waals surface area contributed by atoms with E-state index < -0.39 is 40.1 Å². The molecule has 0 atom stereocenters. The molecule has 8 bridgehead atoms. The van der Waals surface area contributed by atoms with Gasteiger partial charge >= 0.3 is 0 Å². The third-order valence-corrected chi connectivity index (χ3v) is 31.9. The van der Waals surface area contributed by atoms with Gasteiger partial charge in [0.15, 0.2) is 23.3 Å². The second-order valence-corrected chi connectivity index (χ2v) is 41.9. The third kappa shape index (κ3) is 27.9. The number of aromatic nitrogens is 8. The Bertz CT molecular complexity index is 4570. The number of hydrogen-bond acceptors (Lipinski definition) is 14. The summed E-state index contributed by atoms with van der Waals surface area (Å²) in [4.78, 5) is 39.5. The van der Waals surface area contributed by atoms with Crippen LogP contribution in [0.3, 0.4) is 0 Å². The molecule has 7 aromatic rings. The monoisotopic (exact) mass is 1730 g/mol. The summed E-state index contributed by atoms with van der Waals surface area (Å²) in [6.07, 6.45) is 48.2. The first kappa shape index (κ1) is 97.7. The first-order valence-electron chi connectivity index (χ1n) is 47.7. The number of unbranched alkanes of at least 4 members (excludes halogenated alkanes) is 40. The van der Waals surface area contributed by atoms with Gasteiger partial charge in [0.25, 0.3) is 0 Å². The Hall–Kier alpha value is -6.12. The fraction of sp³-hybridized carbons (Fsp3) is 0.667. The highest BCUT2D eigenvalue weighted by Gasteiger charge is 2.33. The molecule has 20 nitrogen and oxygen atoms in total. The minimum atomic E-state index is -4.13. The Balaban J connectivity index is 1.31. The van der Waals surface area contributed by atoms with E-state index in [0.29, 0.717) is 96.2 Å². The van der Waals surface area contributed by atoms with Crippen molar-refractivity contribution in [2.24, 2.45) is 0 Å². The molecule has 0 aliphatic carbocycles. The molecule has 0 fully saturated rings. The zero-order valence-corrected chi connectivity index (χ0v) is 78.2. The molecule has 4 aromatic carbocycles. The SMILES string of the molecule is CCCCCCCCN(CCCCCCCC)S(=O)(=O)c1ccc2c(c1)-c1nc-2nc2[nH]c(nc3nc(nc4[nH]c(n1)c1ccc(S(=O)(=O)N(CCCCCCCC)CCCCCCCC)cc41)-c1ccc(S(=O)(=O)N(CCCCCCCC)CCCCCCCC)cc1-3)c1ccc(S(=O)(=O)N(CCCCCCCC)CCCCCCCC)cc21. The van der Waals surface area contributed by atoms with Crippen LogP contribution in [0.25, 0.3) is 89.7 Å². The molecule has 666 valence electrons. The molecule has 3 aromatic heterocycles. The van der Waals surface area contributed by atoms with Gasteiger partial charge in [-0.3, -0.25) is 0 Å². The normalized spacial score (nSPS) is 12.8. The van der Waals surface area contributed by atoms with Gasteiger partial charge in [-0.05, 0) is 124 Å². The van der Waals surface area contributed by atoms with Crippen molar-refractivity contribution in [3.05, 3.63) is 72.8 Å². The summed E-state index contributed by atoms with van der Waals surface area (Å²) in [5, 5.41) is 1.83. The Kier molecular flexibility index (Phi) is 41.8. The lowest BCUT2D eigenvalue weighted by Crippen LogP contribution is -2.33. The highest BCUT2D eigenvalue weighted by atomic mass is 32.2. The number of aromatic amines is 2. The van der Waals surface area contributed by atoms with E-state index in [4.69, 9.17) is 29.9 Å². The summed E-state index contributed by atoms with van der Waals surface area (Å²) >= 11 is 0. The summed E-state index contributed by atoms with van der Waals surface area (Å²) in [6.45, 7) is 20.6. The molecule has 0 saturated heterocycles. The number of fused-ring (bicyclic) bond motifs is 20. The quantitative estimate of drug-likeness (QED) is 0.0336. The summed E-state index contributed by atoms with van der Waals surface area (Å²) in [5.74, 6) is 0.579. The van der Waals surface area contributed by atoms with Crippen LogP contribution in [0.5, 0.6) is 0 Å². The molecule has 0 amide bonds. The molecular weight excluding hydrogens is 1580 g/mol. The van der Waals surface area contributed by atoms with Gasteiger partial charge in [0, 0.05) is 96.2 Å². The highest BCUT2D eigenvalue weighted by molar-refractivity contribution is 7.90. The van der Waals surface area contributed by atoms with Crippen LogP contribution >= 0.6 is 0 Å². The predicted octanol–water partition coefficient (Wildman–Crippen LogP) is 25.7. The van der Waals surface area contributed by atoms with Crippen LogP contribution in [0.2, 0.25) is 0 Å². The molecule has 9 rings (SSSR count). The third-order valence-electron chi connectivity index (χ3n) is 24.4. The van der Waals surface area contributed by atoms with Crippen molar-refractivity contribution in [1.82, 2.24) is 57.1 Å². The summed E-state index contributed by atoms with van der Waals surface area (Å²) in [5.41, 5.74) is 2.65. The van der Waals surface area contributed by atoms with Gasteiger partial charge in [0.05, 0.1) is 19.6 Å². The number of benzene rings is 4. The van der Waals surface area contributed by atoms with Gasteiger partial charge in [-0.2, -0.15) is 17.2 Å². The first-order valence-corrected chi connectivity index (χ1v) is 53.5. The van der Waals surface area contributed by atoms with Crippen molar-refractivity contribution in [3.8, 4) is 45.6 Å². The average Bonchev–Trinajstić information content (AvgIpc) is 1.60. The molecule has 0 saturated carbocycles. The first-order chi connectivity index (χ1) is 58.3. The lowest BCUT2D eigenvalue weighted by Gasteiger charge is -2.23. The smallest absolute Gasteiger partial charge is 0.243 e. The van der Waals surface area contributed by atoms with Crippen LogP contribution in [0.1, 0.15) is 364 Å². The molecule has 2 aliphatic rings. The van der Waals surface area contributed by atoms with E-state index in [2.05, 4.69) is 65.4 Å². The van der Waals surface area contributed by atoms with Gasteiger partial charge < -0.3 is 9.97 Å². The van der Waals surface area contributed by atoms with Gasteiger partial charge in [-0.1, -0.05) is 312 Å². The largest absolute Gasteiger partial charge is 0.324 e. The molecule has 0 spiro atoms. The number of rotatable bonds is 64. The average molecular weight is 1730 g/mol. The van der Waals surface area contributed by atoms with E-state index in [-0.39, 0.29) is 65.5 Å². The van der Waals surface area contributed by atoms with Gasteiger partial charge in [0.2, 0.25) is 40.1 Å². The Morgan fingerprint density at radius 1 is 0.208 bits per heavy atom. The lowest BCUT2D eigenvalue weighted by atomic mass is 10.1. The number of H-pyrrole nitrogens is 2. The Morgan fingerprint density at radius 2 is 0.392 bits per heavy atom. The maximum atomic E-state index is 15.5. The van der Waals surface area contributed by atoms with Gasteiger partial charge in [0.1, 0.15) is 22.6 Å². The van der Waals surface area contributed by atoms with E-state index in [1.165, 1.54) is 0 Å². The van der Waals surface area contributed by atoms with Crippen LogP contribution in [0.4, 0.5) is 0 Å².